The standard InChI is InChI=1S/C25H31N3O5/c1-15(8-11-20-13-26-25(31)28(20)32-14-17-6-4-3-5-7-17)24(30)33-27-16(2)21-18-9-10-19(12-18)22(21)23(27)29/h3-7,9-10,15-16,18-22H,8,11-14H2,1-2H3,(H,26,31)/t15-,16+,18-,19+,20+,21?,22?/m0/s1. The summed E-state index contributed by atoms with van der Waals surface area (Å²) in [5, 5.41) is 5.51. The van der Waals surface area contributed by atoms with E-state index >= 15 is 0 Å². The van der Waals surface area contributed by atoms with Crippen LogP contribution >= 0.6 is 0 Å². The van der Waals surface area contributed by atoms with Gasteiger partial charge in [-0.3, -0.25) is 9.63 Å². The topological polar surface area (TPSA) is 88.2 Å². The van der Waals surface area contributed by atoms with Crippen LogP contribution < -0.4 is 5.32 Å². The van der Waals surface area contributed by atoms with Gasteiger partial charge in [0.05, 0.1) is 23.9 Å². The Bertz CT molecular complexity index is 951. The Labute approximate surface area is 193 Å². The van der Waals surface area contributed by atoms with Crippen molar-refractivity contribution in [1.82, 2.24) is 15.4 Å². The second-order valence-electron chi connectivity index (χ2n) is 9.77. The fourth-order valence-corrected chi connectivity index (χ4v) is 5.88. The number of benzene rings is 1. The lowest BCUT2D eigenvalue weighted by atomic mass is 9.82. The van der Waals surface area contributed by atoms with Gasteiger partial charge in [-0.05, 0) is 43.6 Å². The van der Waals surface area contributed by atoms with Crippen molar-refractivity contribution in [2.45, 2.75) is 51.8 Å². The monoisotopic (exact) mass is 453 g/mol. The van der Waals surface area contributed by atoms with E-state index in [0.717, 1.165) is 12.0 Å². The number of nitrogens with zero attached hydrogens (tertiary/aromatic N) is 2. The van der Waals surface area contributed by atoms with E-state index in [-0.39, 0.29) is 41.8 Å². The van der Waals surface area contributed by atoms with E-state index < -0.39 is 11.9 Å². The Balaban J connectivity index is 1.12. The number of hydrogen-bond acceptors (Lipinski definition) is 5. The maximum absolute atomic E-state index is 12.9. The number of hydroxylamine groups is 4. The highest BCUT2D eigenvalue weighted by Gasteiger charge is 2.59. The van der Waals surface area contributed by atoms with Gasteiger partial charge in [0.15, 0.2) is 0 Å². The lowest BCUT2D eigenvalue weighted by molar-refractivity contribution is -0.205. The van der Waals surface area contributed by atoms with Gasteiger partial charge in [0.2, 0.25) is 0 Å². The van der Waals surface area contributed by atoms with Crippen LogP contribution in [0.2, 0.25) is 0 Å². The molecule has 176 valence electrons. The van der Waals surface area contributed by atoms with E-state index in [2.05, 4.69) is 17.5 Å². The third-order valence-corrected chi connectivity index (χ3v) is 7.71. The first-order valence-electron chi connectivity index (χ1n) is 11.9. The van der Waals surface area contributed by atoms with Crippen molar-refractivity contribution in [3.05, 3.63) is 48.0 Å². The minimum absolute atomic E-state index is 0.0518. The summed E-state index contributed by atoms with van der Waals surface area (Å²) in [5.74, 6) is 0.0256. The molecule has 1 N–H and O–H groups in total. The minimum Gasteiger partial charge on any atom is -0.338 e. The fraction of sp³-hybridized carbons (Fsp3) is 0.560. The summed E-state index contributed by atoms with van der Waals surface area (Å²) in [6.07, 6.45) is 6.52. The molecule has 33 heavy (non-hydrogen) atoms. The molecule has 2 aliphatic carbocycles. The van der Waals surface area contributed by atoms with Crippen molar-refractivity contribution in [3.63, 3.8) is 0 Å². The van der Waals surface area contributed by atoms with Gasteiger partial charge >= 0.3 is 12.0 Å². The van der Waals surface area contributed by atoms with Gasteiger partial charge in [-0.15, -0.1) is 0 Å². The second-order valence-corrected chi connectivity index (χ2v) is 9.77. The molecule has 2 bridgehead atoms. The molecule has 3 fully saturated rings. The molecule has 2 heterocycles. The Morgan fingerprint density at radius 3 is 2.67 bits per heavy atom. The summed E-state index contributed by atoms with van der Waals surface area (Å²) >= 11 is 0. The Kier molecular flexibility index (Phi) is 5.86. The number of nitrogens with one attached hydrogen (secondary N) is 1. The van der Waals surface area contributed by atoms with Crippen LogP contribution in [0.5, 0.6) is 0 Å². The summed E-state index contributed by atoms with van der Waals surface area (Å²) in [6.45, 7) is 4.55. The molecule has 5 rings (SSSR count). The van der Waals surface area contributed by atoms with Crippen molar-refractivity contribution in [1.29, 1.82) is 0 Å². The smallest absolute Gasteiger partial charge is 0.338 e. The lowest BCUT2D eigenvalue weighted by Crippen LogP contribution is -2.39. The molecule has 4 aliphatic rings. The number of fused-ring (bicyclic) bond motifs is 5. The Hall–Kier alpha value is -2.87. The minimum atomic E-state index is -0.399. The molecule has 2 aliphatic heterocycles. The molecule has 1 saturated carbocycles. The van der Waals surface area contributed by atoms with Gasteiger partial charge in [0.1, 0.15) is 6.61 Å². The predicted molar refractivity (Wildman–Crippen MR) is 119 cm³/mol. The van der Waals surface area contributed by atoms with E-state index in [0.29, 0.717) is 31.9 Å². The van der Waals surface area contributed by atoms with Gasteiger partial charge in [-0.1, -0.05) is 49.4 Å². The SMILES string of the molecule is C[C@@H]1C2C(C(=O)N1OC(=O)[C@@H](C)CC[C@@H]1CNC(=O)N1OCc1ccccc1)[C@@H]1C=C[C@H]2C1. The molecule has 8 nitrogen and oxygen atoms in total. The summed E-state index contributed by atoms with van der Waals surface area (Å²) in [5.41, 5.74) is 0.977. The highest BCUT2D eigenvalue weighted by molar-refractivity contribution is 5.84. The zero-order valence-electron chi connectivity index (χ0n) is 19.1. The lowest BCUT2D eigenvalue weighted by Gasteiger charge is -2.26. The van der Waals surface area contributed by atoms with Crippen molar-refractivity contribution >= 4 is 17.9 Å². The predicted octanol–water partition coefficient (Wildman–Crippen LogP) is 3.06. The summed E-state index contributed by atoms with van der Waals surface area (Å²) < 4.78 is 0. The van der Waals surface area contributed by atoms with E-state index in [1.165, 1.54) is 10.1 Å². The van der Waals surface area contributed by atoms with Gasteiger partial charge in [-0.25, -0.2) is 9.59 Å². The third-order valence-electron chi connectivity index (χ3n) is 7.71. The highest BCUT2D eigenvalue weighted by atomic mass is 16.7. The van der Waals surface area contributed by atoms with Crippen LogP contribution in [-0.2, 0) is 25.9 Å². The molecule has 3 amide bonds. The maximum atomic E-state index is 12.9. The van der Waals surface area contributed by atoms with Gasteiger partial charge in [0, 0.05) is 12.5 Å². The molecule has 7 atom stereocenters. The summed E-state index contributed by atoms with van der Waals surface area (Å²) in [6, 6.07) is 9.13. The van der Waals surface area contributed by atoms with Crippen LogP contribution in [0.3, 0.4) is 0 Å². The average molecular weight is 454 g/mol. The molecule has 2 unspecified atom stereocenters. The molecule has 1 aromatic rings. The van der Waals surface area contributed by atoms with Crippen LogP contribution in [0.25, 0.3) is 0 Å². The number of hydrogen-bond donors (Lipinski definition) is 1. The van der Waals surface area contributed by atoms with Crippen molar-refractivity contribution in [2.75, 3.05) is 6.54 Å². The van der Waals surface area contributed by atoms with Crippen molar-refractivity contribution in [2.24, 2.45) is 29.6 Å². The third kappa shape index (κ3) is 4.01. The fourth-order valence-electron chi connectivity index (χ4n) is 5.88. The number of carbonyl (C=O) groups excluding carboxylic acids is 3. The highest BCUT2D eigenvalue weighted by Crippen LogP contribution is 2.54. The number of amides is 3. The summed E-state index contributed by atoms with van der Waals surface area (Å²) in [7, 11) is 0. The first-order chi connectivity index (χ1) is 15.9. The van der Waals surface area contributed by atoms with Crippen molar-refractivity contribution < 1.29 is 24.1 Å². The van der Waals surface area contributed by atoms with Crippen LogP contribution in [0, 0.1) is 29.6 Å². The maximum Gasteiger partial charge on any atom is 0.341 e. The zero-order chi connectivity index (χ0) is 23.1. The molecular weight excluding hydrogens is 422 g/mol. The van der Waals surface area contributed by atoms with Gasteiger partial charge in [0.25, 0.3) is 5.91 Å². The van der Waals surface area contributed by atoms with Crippen LogP contribution in [0.1, 0.15) is 38.7 Å². The molecule has 2 saturated heterocycles. The normalized spacial score (nSPS) is 32.9. The van der Waals surface area contributed by atoms with E-state index in [1.807, 2.05) is 37.3 Å². The Morgan fingerprint density at radius 2 is 1.91 bits per heavy atom. The van der Waals surface area contributed by atoms with Crippen LogP contribution in [0.15, 0.2) is 42.5 Å². The molecule has 8 heteroatoms. The first kappa shape index (κ1) is 21.9. The largest absolute Gasteiger partial charge is 0.341 e. The summed E-state index contributed by atoms with van der Waals surface area (Å²) in [4.78, 5) is 49.3. The molecule has 0 aromatic heterocycles. The van der Waals surface area contributed by atoms with E-state index in [4.69, 9.17) is 9.68 Å². The molecular formula is C25H31N3O5. The van der Waals surface area contributed by atoms with E-state index in [9.17, 15) is 14.4 Å². The van der Waals surface area contributed by atoms with Crippen LogP contribution in [0.4, 0.5) is 4.79 Å². The second kappa shape index (κ2) is 8.82. The zero-order valence-corrected chi connectivity index (χ0v) is 19.1. The van der Waals surface area contributed by atoms with E-state index in [1.54, 1.807) is 6.92 Å². The van der Waals surface area contributed by atoms with Crippen LogP contribution in [-0.4, -0.2) is 46.7 Å². The number of carbonyl (C=O) groups is 3. The first-order valence-corrected chi connectivity index (χ1v) is 11.9. The number of urea groups is 1. The number of allylic oxidation sites excluding steroid dienone is 2. The van der Waals surface area contributed by atoms with Crippen molar-refractivity contribution in [3.8, 4) is 0 Å². The molecule has 0 radical (unpaired) electrons. The average Bonchev–Trinajstić information content (AvgIpc) is 3.58. The van der Waals surface area contributed by atoms with Gasteiger partial charge < -0.3 is 10.2 Å². The Morgan fingerprint density at radius 1 is 1.15 bits per heavy atom. The quantitative estimate of drug-likeness (QED) is 0.612. The molecule has 1 aromatic carbocycles. The number of rotatable bonds is 8. The molecule has 0 spiro atoms. The van der Waals surface area contributed by atoms with Gasteiger partial charge in [-0.2, -0.15) is 10.1 Å².